The second-order valence-corrected chi connectivity index (χ2v) is 4.36. The van der Waals surface area contributed by atoms with E-state index in [1.54, 1.807) is 14.0 Å². The van der Waals surface area contributed by atoms with Crippen LogP contribution in [0.3, 0.4) is 0 Å². The average Bonchev–Trinajstić information content (AvgIpc) is 2.34. The molecule has 0 spiro atoms. The first-order valence-corrected chi connectivity index (χ1v) is 6.10. The standard InChI is InChI=1S/C14H20O3/c1-11(15)5-3-4-6-14(16)12-7-9-13(17-2)10-8-12/h7,9H,3-6,8,10H2,1-2H3. The topological polar surface area (TPSA) is 43.4 Å². The van der Waals surface area contributed by atoms with Crippen LogP contribution in [0.25, 0.3) is 0 Å². The molecule has 0 radical (unpaired) electrons. The SMILES string of the molecule is COC1=CC=C(C(=O)CCCCC(C)=O)CC1. The maximum atomic E-state index is 11.8. The molecule has 0 aromatic heterocycles. The molecule has 0 unspecified atom stereocenters. The molecule has 3 nitrogen and oxygen atoms in total. The van der Waals surface area contributed by atoms with Crippen molar-refractivity contribution in [3.63, 3.8) is 0 Å². The number of unbranched alkanes of at least 4 members (excludes halogenated alkanes) is 1. The van der Waals surface area contributed by atoms with E-state index < -0.39 is 0 Å². The minimum Gasteiger partial charge on any atom is -0.501 e. The minimum absolute atomic E-state index is 0.196. The summed E-state index contributed by atoms with van der Waals surface area (Å²) in [5, 5.41) is 0. The van der Waals surface area contributed by atoms with E-state index in [1.807, 2.05) is 12.2 Å². The first-order valence-electron chi connectivity index (χ1n) is 6.10. The molecule has 1 rings (SSSR count). The molecule has 17 heavy (non-hydrogen) atoms. The Hall–Kier alpha value is -1.38. The minimum atomic E-state index is 0.196. The zero-order valence-electron chi connectivity index (χ0n) is 10.6. The molecule has 0 amide bonds. The Kier molecular flexibility index (Phi) is 5.67. The third kappa shape index (κ3) is 4.98. The number of allylic oxidation sites excluding steroid dienone is 4. The van der Waals surface area contributed by atoms with Gasteiger partial charge < -0.3 is 9.53 Å². The number of hydrogen-bond donors (Lipinski definition) is 0. The van der Waals surface area contributed by atoms with Crippen LogP contribution in [0.5, 0.6) is 0 Å². The molecule has 1 aliphatic rings. The molecule has 0 aromatic carbocycles. The van der Waals surface area contributed by atoms with Crippen molar-refractivity contribution in [1.82, 2.24) is 0 Å². The number of ether oxygens (including phenoxy) is 1. The highest BCUT2D eigenvalue weighted by Gasteiger charge is 2.13. The Morgan fingerprint density at radius 1 is 1.18 bits per heavy atom. The summed E-state index contributed by atoms with van der Waals surface area (Å²) in [5.41, 5.74) is 0.883. The lowest BCUT2D eigenvalue weighted by Gasteiger charge is -2.12. The lowest BCUT2D eigenvalue weighted by Crippen LogP contribution is -2.06. The van der Waals surface area contributed by atoms with Gasteiger partial charge in [-0.05, 0) is 37.8 Å². The summed E-state index contributed by atoms with van der Waals surface area (Å²) in [5.74, 6) is 1.33. The van der Waals surface area contributed by atoms with Gasteiger partial charge >= 0.3 is 0 Å². The molecule has 94 valence electrons. The molecule has 0 fully saturated rings. The van der Waals surface area contributed by atoms with Crippen molar-refractivity contribution in [3.05, 3.63) is 23.5 Å². The van der Waals surface area contributed by atoms with Gasteiger partial charge in [-0.3, -0.25) is 4.79 Å². The van der Waals surface area contributed by atoms with Crippen LogP contribution in [0.2, 0.25) is 0 Å². The predicted octanol–water partition coefficient (Wildman–Crippen LogP) is 2.96. The van der Waals surface area contributed by atoms with E-state index in [0.717, 1.165) is 37.0 Å². The summed E-state index contributed by atoms with van der Waals surface area (Å²) in [7, 11) is 1.65. The van der Waals surface area contributed by atoms with Crippen molar-refractivity contribution in [2.45, 2.75) is 45.4 Å². The largest absolute Gasteiger partial charge is 0.501 e. The predicted molar refractivity (Wildman–Crippen MR) is 66.6 cm³/mol. The van der Waals surface area contributed by atoms with Gasteiger partial charge in [-0.15, -0.1) is 0 Å². The molecule has 0 saturated heterocycles. The molecule has 0 bridgehead atoms. The van der Waals surface area contributed by atoms with Crippen LogP contribution in [-0.4, -0.2) is 18.7 Å². The van der Waals surface area contributed by atoms with Crippen molar-refractivity contribution < 1.29 is 14.3 Å². The van der Waals surface area contributed by atoms with Crippen LogP contribution < -0.4 is 0 Å². The highest BCUT2D eigenvalue weighted by Crippen LogP contribution is 2.20. The van der Waals surface area contributed by atoms with Crippen LogP contribution in [0.4, 0.5) is 0 Å². The molecule has 0 N–H and O–H groups in total. The van der Waals surface area contributed by atoms with Gasteiger partial charge in [-0.1, -0.05) is 6.08 Å². The van der Waals surface area contributed by atoms with E-state index >= 15 is 0 Å². The summed E-state index contributed by atoms with van der Waals surface area (Å²) in [6.07, 6.45) is 8.05. The van der Waals surface area contributed by atoms with Crippen LogP contribution in [0, 0.1) is 0 Å². The Bertz CT molecular complexity index is 350. The van der Waals surface area contributed by atoms with Crippen molar-refractivity contribution in [1.29, 1.82) is 0 Å². The molecule has 3 heteroatoms. The highest BCUT2D eigenvalue weighted by molar-refractivity contribution is 5.95. The Labute approximate surface area is 103 Å². The number of hydrogen-bond acceptors (Lipinski definition) is 3. The van der Waals surface area contributed by atoms with Crippen molar-refractivity contribution in [3.8, 4) is 0 Å². The molecular formula is C14H20O3. The van der Waals surface area contributed by atoms with Gasteiger partial charge in [0, 0.05) is 19.3 Å². The summed E-state index contributed by atoms with van der Waals surface area (Å²) >= 11 is 0. The fourth-order valence-corrected chi connectivity index (χ4v) is 1.84. The number of rotatable bonds is 7. The first-order chi connectivity index (χ1) is 8.13. The molecular weight excluding hydrogens is 216 g/mol. The van der Waals surface area contributed by atoms with Crippen molar-refractivity contribution in [2.75, 3.05) is 7.11 Å². The van der Waals surface area contributed by atoms with Crippen LogP contribution in [0.1, 0.15) is 45.4 Å². The second kappa shape index (κ2) is 7.05. The van der Waals surface area contributed by atoms with Gasteiger partial charge in [-0.2, -0.15) is 0 Å². The van der Waals surface area contributed by atoms with E-state index in [0.29, 0.717) is 12.8 Å². The lowest BCUT2D eigenvalue weighted by atomic mass is 9.96. The van der Waals surface area contributed by atoms with E-state index in [9.17, 15) is 9.59 Å². The molecule has 0 saturated carbocycles. The first kappa shape index (κ1) is 13.7. The van der Waals surface area contributed by atoms with E-state index in [4.69, 9.17) is 4.74 Å². The molecule has 0 atom stereocenters. The monoisotopic (exact) mass is 236 g/mol. The quantitative estimate of drug-likeness (QED) is 0.638. The summed E-state index contributed by atoms with van der Waals surface area (Å²) < 4.78 is 5.11. The van der Waals surface area contributed by atoms with Crippen LogP contribution >= 0.6 is 0 Å². The van der Waals surface area contributed by atoms with Crippen molar-refractivity contribution in [2.24, 2.45) is 0 Å². The summed E-state index contributed by atoms with van der Waals surface area (Å²) in [6, 6.07) is 0. The maximum Gasteiger partial charge on any atom is 0.158 e. The Morgan fingerprint density at radius 2 is 1.88 bits per heavy atom. The fourth-order valence-electron chi connectivity index (χ4n) is 1.84. The highest BCUT2D eigenvalue weighted by atomic mass is 16.5. The van der Waals surface area contributed by atoms with Gasteiger partial charge in [0.05, 0.1) is 12.9 Å². The molecule has 0 heterocycles. The van der Waals surface area contributed by atoms with Gasteiger partial charge in [0.15, 0.2) is 5.78 Å². The number of carbonyl (C=O) groups excluding carboxylic acids is 2. The number of carbonyl (C=O) groups is 2. The van der Waals surface area contributed by atoms with E-state index in [2.05, 4.69) is 0 Å². The lowest BCUT2D eigenvalue weighted by molar-refractivity contribution is -0.118. The molecule has 1 aliphatic carbocycles. The number of ketones is 2. The summed E-state index contributed by atoms with van der Waals surface area (Å²) in [4.78, 5) is 22.6. The number of methoxy groups -OCH3 is 1. The molecule has 0 aromatic rings. The normalized spacial score (nSPS) is 14.9. The summed E-state index contributed by atoms with van der Waals surface area (Å²) in [6.45, 7) is 1.59. The van der Waals surface area contributed by atoms with Gasteiger partial charge in [0.2, 0.25) is 0 Å². The molecule has 0 aliphatic heterocycles. The Balaban J connectivity index is 2.31. The van der Waals surface area contributed by atoms with Crippen LogP contribution in [0.15, 0.2) is 23.5 Å². The van der Waals surface area contributed by atoms with Gasteiger partial charge in [0.1, 0.15) is 5.78 Å². The van der Waals surface area contributed by atoms with E-state index in [1.165, 1.54) is 0 Å². The average molecular weight is 236 g/mol. The van der Waals surface area contributed by atoms with E-state index in [-0.39, 0.29) is 11.6 Å². The third-order valence-corrected chi connectivity index (χ3v) is 2.91. The maximum absolute atomic E-state index is 11.8. The second-order valence-electron chi connectivity index (χ2n) is 4.36. The zero-order valence-corrected chi connectivity index (χ0v) is 10.6. The van der Waals surface area contributed by atoms with Crippen LogP contribution in [-0.2, 0) is 14.3 Å². The van der Waals surface area contributed by atoms with Crippen molar-refractivity contribution >= 4 is 11.6 Å². The Morgan fingerprint density at radius 3 is 2.41 bits per heavy atom. The van der Waals surface area contributed by atoms with Gasteiger partial charge in [0.25, 0.3) is 0 Å². The third-order valence-electron chi connectivity index (χ3n) is 2.91. The fraction of sp³-hybridized carbons (Fsp3) is 0.571. The van der Waals surface area contributed by atoms with Gasteiger partial charge in [-0.25, -0.2) is 0 Å². The number of Topliss-reactive ketones (excluding diaryl/α,β-unsaturated/α-hetero) is 2. The smallest absolute Gasteiger partial charge is 0.158 e. The zero-order chi connectivity index (χ0) is 12.7.